The second-order valence-corrected chi connectivity index (χ2v) is 10.7. The van der Waals surface area contributed by atoms with E-state index in [9.17, 15) is 9.59 Å². The summed E-state index contributed by atoms with van der Waals surface area (Å²) in [5.74, 6) is 0.00875. The van der Waals surface area contributed by atoms with Crippen LogP contribution in [0.5, 0.6) is 0 Å². The summed E-state index contributed by atoms with van der Waals surface area (Å²) in [5, 5.41) is 1.10. The van der Waals surface area contributed by atoms with Crippen LogP contribution in [0, 0.1) is 0 Å². The van der Waals surface area contributed by atoms with E-state index >= 15 is 0 Å². The minimum absolute atomic E-state index is 0.0175. The van der Waals surface area contributed by atoms with Crippen molar-refractivity contribution in [2.75, 3.05) is 6.54 Å². The predicted molar refractivity (Wildman–Crippen MR) is 167 cm³/mol. The van der Waals surface area contributed by atoms with Gasteiger partial charge in [-0.15, -0.1) is 0 Å². The van der Waals surface area contributed by atoms with Crippen molar-refractivity contribution >= 4 is 28.4 Å². The molecule has 0 aliphatic heterocycles. The van der Waals surface area contributed by atoms with Gasteiger partial charge in [-0.1, -0.05) is 104 Å². The van der Waals surface area contributed by atoms with Crippen LogP contribution in [0.25, 0.3) is 16.6 Å². The van der Waals surface area contributed by atoms with Gasteiger partial charge in [-0.25, -0.2) is 4.98 Å². The smallest absolute Gasteiger partial charge is 0.266 e. The van der Waals surface area contributed by atoms with Crippen molar-refractivity contribution in [3.05, 3.63) is 142 Å². The van der Waals surface area contributed by atoms with Crippen LogP contribution in [0.2, 0.25) is 5.02 Å². The Hall–Kier alpha value is -4.22. The van der Waals surface area contributed by atoms with Gasteiger partial charge in [-0.3, -0.25) is 14.2 Å². The summed E-state index contributed by atoms with van der Waals surface area (Å²) in [7, 11) is 0. The van der Waals surface area contributed by atoms with E-state index in [0.717, 1.165) is 30.4 Å². The molecule has 0 N–H and O–H groups in total. The first kappa shape index (κ1) is 28.3. The Balaban J connectivity index is 1.67. The van der Waals surface area contributed by atoms with E-state index < -0.39 is 12.0 Å². The van der Waals surface area contributed by atoms with E-state index in [1.807, 2.05) is 103 Å². The maximum absolute atomic E-state index is 14.7. The number of nitrogens with zero attached hydrogens (tertiary/aromatic N) is 3. The minimum atomic E-state index is -0.488. The van der Waals surface area contributed by atoms with Crippen LogP contribution in [-0.2, 0) is 4.79 Å². The fourth-order valence-electron chi connectivity index (χ4n) is 5.37. The monoisotopic (exact) mass is 563 g/mol. The summed E-state index contributed by atoms with van der Waals surface area (Å²) in [6.07, 6.45) is 2.87. The summed E-state index contributed by atoms with van der Waals surface area (Å²) >= 11 is 6.19. The normalized spacial score (nSPS) is 12.0. The number of hydrogen-bond acceptors (Lipinski definition) is 3. The summed E-state index contributed by atoms with van der Waals surface area (Å²) in [4.78, 5) is 35.6. The Morgan fingerprint density at radius 3 is 2.02 bits per heavy atom. The van der Waals surface area contributed by atoms with Crippen LogP contribution >= 0.6 is 11.6 Å². The van der Waals surface area contributed by atoms with Gasteiger partial charge in [0.25, 0.3) is 5.56 Å². The molecule has 1 amide bonds. The zero-order valence-electron chi connectivity index (χ0n) is 23.4. The predicted octanol–water partition coefficient (Wildman–Crippen LogP) is 7.95. The second kappa shape index (κ2) is 13.0. The maximum Gasteiger partial charge on any atom is 0.266 e. The van der Waals surface area contributed by atoms with Crippen molar-refractivity contribution in [1.82, 2.24) is 14.5 Å². The first-order valence-corrected chi connectivity index (χ1v) is 14.6. The van der Waals surface area contributed by atoms with Crippen molar-refractivity contribution in [2.45, 2.75) is 45.1 Å². The summed E-state index contributed by atoms with van der Waals surface area (Å²) in [6, 6.07) is 33.8. The Morgan fingerprint density at radius 2 is 1.41 bits per heavy atom. The Morgan fingerprint density at radius 1 is 0.829 bits per heavy atom. The van der Waals surface area contributed by atoms with E-state index in [4.69, 9.17) is 16.6 Å². The van der Waals surface area contributed by atoms with Gasteiger partial charge in [0.05, 0.1) is 28.6 Å². The third-order valence-corrected chi connectivity index (χ3v) is 7.78. The van der Waals surface area contributed by atoms with Crippen molar-refractivity contribution < 1.29 is 4.79 Å². The molecule has 0 bridgehead atoms. The third-order valence-electron chi connectivity index (χ3n) is 7.53. The topological polar surface area (TPSA) is 55.2 Å². The first-order chi connectivity index (χ1) is 20.0. The van der Waals surface area contributed by atoms with Crippen molar-refractivity contribution in [1.29, 1.82) is 0 Å². The molecule has 0 aliphatic rings. The number of carbonyl (C=O) groups excluding carboxylic acids is 1. The molecule has 1 atom stereocenters. The maximum atomic E-state index is 14.7. The molecule has 1 unspecified atom stereocenters. The highest BCUT2D eigenvalue weighted by atomic mass is 35.5. The summed E-state index contributed by atoms with van der Waals surface area (Å²) in [6.45, 7) is 4.67. The number of benzene rings is 4. The molecule has 41 heavy (non-hydrogen) atoms. The standard InChI is InChI=1S/C35H34ClN3O2/c1-3-4-13-24-38(35(41)32(26-14-7-5-8-15-26)27-16-9-6-10-17-27)25(2)33-37-31-19-12-11-18-30(31)34(40)39(33)29-22-20-28(36)21-23-29/h5-12,14-23,25,32H,3-4,13,24H2,1-2H3. The molecular weight excluding hydrogens is 530 g/mol. The lowest BCUT2D eigenvalue weighted by molar-refractivity contribution is -0.134. The molecule has 0 saturated heterocycles. The van der Waals surface area contributed by atoms with Gasteiger partial charge in [0.15, 0.2) is 0 Å². The number of fused-ring (bicyclic) bond motifs is 1. The third kappa shape index (κ3) is 6.10. The highest BCUT2D eigenvalue weighted by Crippen LogP contribution is 2.32. The Kier molecular flexibility index (Phi) is 8.95. The van der Waals surface area contributed by atoms with Crippen LogP contribution in [-0.4, -0.2) is 26.9 Å². The number of halogens is 1. The Bertz CT molecular complexity index is 1630. The summed E-state index contributed by atoms with van der Waals surface area (Å²) < 4.78 is 1.63. The van der Waals surface area contributed by atoms with Crippen LogP contribution in [0.3, 0.4) is 0 Å². The lowest BCUT2D eigenvalue weighted by Crippen LogP contribution is -2.41. The van der Waals surface area contributed by atoms with Gasteiger partial charge in [0.1, 0.15) is 5.82 Å². The number of unbranched alkanes of at least 4 members (excludes halogenated alkanes) is 2. The second-order valence-electron chi connectivity index (χ2n) is 10.3. The van der Waals surface area contributed by atoms with E-state index in [-0.39, 0.29) is 11.5 Å². The van der Waals surface area contributed by atoms with Gasteiger partial charge in [0, 0.05) is 11.6 Å². The first-order valence-electron chi connectivity index (χ1n) is 14.2. The number of amides is 1. The van der Waals surface area contributed by atoms with E-state index in [2.05, 4.69) is 6.92 Å². The van der Waals surface area contributed by atoms with Gasteiger partial charge in [-0.2, -0.15) is 0 Å². The molecule has 0 saturated carbocycles. The molecule has 0 spiro atoms. The molecule has 4 aromatic carbocycles. The summed E-state index contributed by atoms with van der Waals surface area (Å²) in [5.41, 5.74) is 2.94. The number of carbonyl (C=O) groups is 1. The van der Waals surface area contributed by atoms with Crippen LogP contribution in [0.15, 0.2) is 114 Å². The van der Waals surface area contributed by atoms with Crippen LogP contribution in [0.4, 0.5) is 0 Å². The molecule has 1 heterocycles. The molecule has 0 radical (unpaired) electrons. The molecular formula is C35H34ClN3O2. The van der Waals surface area contributed by atoms with Crippen molar-refractivity contribution in [2.24, 2.45) is 0 Å². The molecule has 1 aromatic heterocycles. The molecule has 5 nitrogen and oxygen atoms in total. The molecule has 5 aromatic rings. The highest BCUT2D eigenvalue weighted by Gasteiger charge is 2.33. The largest absolute Gasteiger partial charge is 0.332 e. The molecule has 6 heteroatoms. The zero-order chi connectivity index (χ0) is 28.8. The van der Waals surface area contributed by atoms with Gasteiger partial charge in [0.2, 0.25) is 5.91 Å². The van der Waals surface area contributed by atoms with Gasteiger partial charge in [-0.05, 0) is 60.9 Å². The van der Waals surface area contributed by atoms with E-state index in [1.54, 1.807) is 22.8 Å². The molecule has 208 valence electrons. The van der Waals surface area contributed by atoms with E-state index in [1.165, 1.54) is 0 Å². The average Bonchev–Trinajstić information content (AvgIpc) is 3.01. The van der Waals surface area contributed by atoms with Gasteiger partial charge >= 0.3 is 0 Å². The number of hydrogen-bond donors (Lipinski definition) is 0. The number of rotatable bonds is 10. The quantitative estimate of drug-likeness (QED) is 0.162. The molecule has 0 fully saturated rings. The van der Waals surface area contributed by atoms with Crippen molar-refractivity contribution in [3.63, 3.8) is 0 Å². The average molecular weight is 564 g/mol. The van der Waals surface area contributed by atoms with E-state index in [0.29, 0.717) is 34.0 Å². The lowest BCUT2D eigenvalue weighted by atomic mass is 9.89. The Labute approximate surface area is 246 Å². The lowest BCUT2D eigenvalue weighted by Gasteiger charge is -2.34. The fraction of sp³-hybridized carbons (Fsp3) is 0.229. The van der Waals surface area contributed by atoms with Gasteiger partial charge < -0.3 is 4.90 Å². The van der Waals surface area contributed by atoms with Crippen LogP contribution in [0.1, 0.15) is 62.0 Å². The fourth-order valence-corrected chi connectivity index (χ4v) is 5.50. The molecule has 0 aliphatic carbocycles. The van der Waals surface area contributed by atoms with Crippen LogP contribution < -0.4 is 5.56 Å². The minimum Gasteiger partial charge on any atom is -0.332 e. The molecule has 5 rings (SSSR count). The SMILES string of the molecule is CCCCCN(C(=O)C(c1ccccc1)c1ccccc1)C(C)c1nc2ccccc2c(=O)n1-c1ccc(Cl)cc1. The highest BCUT2D eigenvalue weighted by molar-refractivity contribution is 6.30. The number of aromatic nitrogens is 2. The van der Waals surface area contributed by atoms with Crippen molar-refractivity contribution in [3.8, 4) is 5.69 Å². The number of para-hydroxylation sites is 1. The zero-order valence-corrected chi connectivity index (χ0v) is 24.2.